The Morgan fingerprint density at radius 1 is 0.723 bits per heavy atom. The largest absolute Gasteiger partial charge is 0.481 e. The van der Waals surface area contributed by atoms with Crippen molar-refractivity contribution in [2.45, 2.75) is 44.8 Å². The molecule has 0 fully saturated rings. The van der Waals surface area contributed by atoms with E-state index in [0.717, 1.165) is 32.0 Å². The summed E-state index contributed by atoms with van der Waals surface area (Å²) >= 11 is 0. The molecule has 4 N–H and O–H groups in total. The SMILES string of the molecule is CCCN(C(=O)NC(COCCC(=O)O)(COCCC(=O)O)COCCC(=O)O)C(=O)OCc1c2ccccc2cc2ccccc12. The van der Waals surface area contributed by atoms with E-state index in [0.29, 0.717) is 6.42 Å². The van der Waals surface area contributed by atoms with E-state index in [1.54, 1.807) is 6.92 Å². The number of aliphatic carboxylic acids is 3. The van der Waals surface area contributed by atoms with Crippen molar-refractivity contribution in [3.63, 3.8) is 0 Å². The van der Waals surface area contributed by atoms with Crippen LogP contribution in [-0.4, -0.2) is 102 Å². The van der Waals surface area contributed by atoms with E-state index in [2.05, 4.69) is 5.32 Å². The molecule has 0 aliphatic heterocycles. The summed E-state index contributed by atoms with van der Waals surface area (Å²) in [7, 11) is 0. The molecule has 0 heterocycles. The van der Waals surface area contributed by atoms with Crippen LogP contribution in [0.4, 0.5) is 9.59 Å². The lowest BCUT2D eigenvalue weighted by atomic mass is 9.97. The summed E-state index contributed by atoms with van der Waals surface area (Å²) in [5, 5.41) is 33.4. The number of hydrogen-bond donors (Lipinski definition) is 4. The van der Waals surface area contributed by atoms with E-state index >= 15 is 0 Å². The average Bonchev–Trinajstić information content (AvgIpc) is 3.03. The summed E-state index contributed by atoms with van der Waals surface area (Å²) in [6.45, 7) is -0.191. The number of fused-ring (bicyclic) bond motifs is 2. The van der Waals surface area contributed by atoms with Gasteiger partial charge < -0.3 is 39.6 Å². The molecule has 0 aliphatic carbocycles. The van der Waals surface area contributed by atoms with Crippen molar-refractivity contribution in [1.82, 2.24) is 10.2 Å². The van der Waals surface area contributed by atoms with Crippen molar-refractivity contribution >= 4 is 51.6 Å². The number of benzene rings is 3. The lowest BCUT2D eigenvalue weighted by molar-refractivity contribution is -0.139. The van der Waals surface area contributed by atoms with E-state index in [4.69, 9.17) is 34.3 Å². The number of nitrogens with zero attached hydrogens (tertiary/aromatic N) is 1. The monoisotopic (exact) mass is 656 g/mol. The highest BCUT2D eigenvalue weighted by Gasteiger charge is 2.37. The summed E-state index contributed by atoms with van der Waals surface area (Å²) in [4.78, 5) is 61.1. The Morgan fingerprint density at radius 3 is 1.60 bits per heavy atom. The standard InChI is InChI=1S/C33H40N2O12/c1-2-14-35(32(43)47-19-27-25-9-5-3-7-23(25)18-24-8-4-6-10-26(24)27)31(42)34-33(20-44-15-11-28(36)37,21-45-16-12-29(38)39)22-46-17-13-30(40)41/h3-10,18H,2,11-17,19-22H2,1H3,(H,34,42)(H,36,37)(H,38,39)(H,40,41). The number of urea groups is 1. The number of carboxylic acids is 3. The van der Waals surface area contributed by atoms with Gasteiger partial charge in [-0.25, -0.2) is 14.5 Å². The first kappa shape index (κ1) is 36.7. The second kappa shape index (κ2) is 18.4. The topological polar surface area (TPSA) is 198 Å². The predicted octanol–water partition coefficient (Wildman–Crippen LogP) is 4.26. The summed E-state index contributed by atoms with van der Waals surface area (Å²) < 4.78 is 22.3. The molecule has 0 atom stereocenters. The van der Waals surface area contributed by atoms with Gasteiger partial charge in [-0.3, -0.25) is 14.4 Å². The molecular weight excluding hydrogens is 616 g/mol. The number of imide groups is 1. The number of hydrogen-bond acceptors (Lipinski definition) is 9. The van der Waals surface area contributed by atoms with Crippen molar-refractivity contribution in [3.8, 4) is 0 Å². The number of amides is 3. The maximum Gasteiger partial charge on any atom is 0.418 e. The van der Waals surface area contributed by atoms with Crippen LogP contribution < -0.4 is 5.32 Å². The lowest BCUT2D eigenvalue weighted by Crippen LogP contribution is -2.62. The molecule has 0 aliphatic rings. The zero-order valence-corrected chi connectivity index (χ0v) is 26.1. The van der Waals surface area contributed by atoms with Gasteiger partial charge in [0.15, 0.2) is 0 Å². The van der Waals surface area contributed by atoms with E-state index in [9.17, 15) is 24.0 Å². The van der Waals surface area contributed by atoms with E-state index in [1.807, 2.05) is 54.6 Å². The van der Waals surface area contributed by atoms with E-state index < -0.39 is 35.6 Å². The first-order valence-corrected chi connectivity index (χ1v) is 15.1. The Balaban J connectivity index is 1.84. The molecule has 3 aromatic rings. The van der Waals surface area contributed by atoms with Gasteiger partial charge in [0.25, 0.3) is 0 Å². The fourth-order valence-electron chi connectivity index (χ4n) is 4.78. The molecule has 0 bridgehead atoms. The second-order valence-electron chi connectivity index (χ2n) is 10.8. The lowest BCUT2D eigenvalue weighted by Gasteiger charge is -2.35. The maximum absolute atomic E-state index is 13.7. The number of carbonyl (C=O) groups excluding carboxylic acids is 2. The molecule has 47 heavy (non-hydrogen) atoms. The van der Waals surface area contributed by atoms with Crippen LogP contribution in [0.1, 0.15) is 38.2 Å². The normalized spacial score (nSPS) is 11.3. The molecular formula is C33H40N2O12. The van der Waals surface area contributed by atoms with Crippen molar-refractivity contribution in [1.29, 1.82) is 0 Å². The van der Waals surface area contributed by atoms with Crippen molar-refractivity contribution in [2.24, 2.45) is 0 Å². The van der Waals surface area contributed by atoms with Gasteiger partial charge in [0, 0.05) is 12.1 Å². The molecule has 14 heteroatoms. The van der Waals surface area contributed by atoms with E-state index in [1.165, 1.54) is 0 Å². The minimum absolute atomic E-state index is 0.0311. The molecule has 0 saturated carbocycles. The van der Waals surface area contributed by atoms with Gasteiger partial charge in [-0.1, -0.05) is 55.5 Å². The number of nitrogens with one attached hydrogen (secondary N) is 1. The van der Waals surface area contributed by atoms with Crippen LogP contribution in [0, 0.1) is 0 Å². The number of ether oxygens (including phenoxy) is 4. The van der Waals surface area contributed by atoms with Gasteiger partial charge in [-0.15, -0.1) is 0 Å². The molecule has 0 unspecified atom stereocenters. The summed E-state index contributed by atoms with van der Waals surface area (Å²) in [5.41, 5.74) is -0.797. The van der Waals surface area contributed by atoms with Crippen LogP contribution in [0.5, 0.6) is 0 Å². The third-order valence-electron chi connectivity index (χ3n) is 7.02. The predicted molar refractivity (Wildman–Crippen MR) is 169 cm³/mol. The van der Waals surface area contributed by atoms with Crippen LogP contribution in [0.2, 0.25) is 0 Å². The highest BCUT2D eigenvalue weighted by Crippen LogP contribution is 2.29. The molecule has 0 radical (unpaired) electrons. The first-order valence-electron chi connectivity index (χ1n) is 15.1. The Bertz CT molecular complexity index is 1430. The van der Waals surface area contributed by atoms with Gasteiger partial charge in [-0.2, -0.15) is 0 Å². The van der Waals surface area contributed by atoms with Crippen molar-refractivity contribution < 1.29 is 58.2 Å². The first-order chi connectivity index (χ1) is 22.5. The fourth-order valence-corrected chi connectivity index (χ4v) is 4.78. The Labute approximate surface area is 271 Å². The fraction of sp³-hybridized carbons (Fsp3) is 0.424. The minimum Gasteiger partial charge on any atom is -0.481 e. The van der Waals surface area contributed by atoms with Gasteiger partial charge in [0.2, 0.25) is 0 Å². The zero-order valence-electron chi connectivity index (χ0n) is 26.1. The number of rotatable bonds is 20. The highest BCUT2D eigenvalue weighted by atomic mass is 16.6. The Hall–Kier alpha value is -4.79. The third-order valence-corrected chi connectivity index (χ3v) is 7.02. The third kappa shape index (κ3) is 11.5. The van der Waals surface area contributed by atoms with E-state index in [-0.39, 0.29) is 72.1 Å². The molecule has 3 aromatic carbocycles. The highest BCUT2D eigenvalue weighted by molar-refractivity contribution is 6.02. The van der Waals surface area contributed by atoms with Crippen molar-refractivity contribution in [3.05, 3.63) is 60.2 Å². The average molecular weight is 657 g/mol. The summed E-state index contributed by atoms with van der Waals surface area (Å²) in [6.07, 6.45) is -1.59. The zero-order chi connectivity index (χ0) is 34.2. The van der Waals surface area contributed by atoms with Gasteiger partial charge in [0.1, 0.15) is 12.1 Å². The van der Waals surface area contributed by atoms with Gasteiger partial charge >= 0.3 is 30.0 Å². The maximum atomic E-state index is 13.7. The van der Waals surface area contributed by atoms with Crippen LogP contribution in [0.25, 0.3) is 21.5 Å². The molecule has 3 rings (SSSR count). The summed E-state index contributed by atoms with van der Waals surface area (Å²) in [6, 6.07) is 16.5. The van der Waals surface area contributed by atoms with Crippen LogP contribution >= 0.6 is 0 Å². The molecule has 14 nitrogen and oxygen atoms in total. The smallest absolute Gasteiger partial charge is 0.418 e. The molecule has 3 amide bonds. The number of carboxylic acid groups (broad SMARTS) is 3. The Kier molecular flexibility index (Phi) is 14.3. The summed E-state index contributed by atoms with van der Waals surface area (Å²) in [5.74, 6) is -3.36. The van der Waals surface area contributed by atoms with Gasteiger partial charge in [0.05, 0.1) is 58.9 Å². The molecule has 0 spiro atoms. The Morgan fingerprint density at radius 2 is 1.17 bits per heavy atom. The van der Waals surface area contributed by atoms with Gasteiger partial charge in [-0.05, 0) is 34.0 Å². The van der Waals surface area contributed by atoms with Crippen LogP contribution in [0.15, 0.2) is 54.6 Å². The van der Waals surface area contributed by atoms with Crippen LogP contribution in [-0.2, 0) is 39.9 Å². The molecule has 254 valence electrons. The minimum atomic E-state index is -1.56. The molecule has 0 aromatic heterocycles. The molecule has 0 saturated heterocycles. The number of carbonyl (C=O) groups is 5. The second-order valence-corrected chi connectivity index (χ2v) is 10.8. The van der Waals surface area contributed by atoms with Crippen molar-refractivity contribution in [2.75, 3.05) is 46.2 Å². The van der Waals surface area contributed by atoms with Crippen LogP contribution in [0.3, 0.4) is 0 Å². The quantitative estimate of drug-likeness (QED) is 0.0997.